The van der Waals surface area contributed by atoms with Crippen LogP contribution < -0.4 is 10.5 Å². The third-order valence-corrected chi connectivity index (χ3v) is 3.65. The molecule has 0 spiro atoms. The van der Waals surface area contributed by atoms with Gasteiger partial charge in [-0.05, 0) is 43.9 Å². The van der Waals surface area contributed by atoms with Crippen molar-refractivity contribution < 1.29 is 4.74 Å². The molecule has 2 heteroatoms. The van der Waals surface area contributed by atoms with E-state index in [-0.39, 0.29) is 0 Å². The number of hydrogen-bond donors (Lipinski definition) is 1. The first kappa shape index (κ1) is 11.5. The predicted molar refractivity (Wildman–Crippen MR) is 67.0 cm³/mol. The van der Waals surface area contributed by atoms with E-state index in [1.54, 1.807) is 7.11 Å². The molecule has 0 radical (unpaired) electrons. The van der Waals surface area contributed by atoms with Crippen molar-refractivity contribution in [1.82, 2.24) is 0 Å². The van der Waals surface area contributed by atoms with Crippen LogP contribution in [-0.2, 0) is 0 Å². The lowest BCUT2D eigenvalue weighted by Crippen LogP contribution is -2.23. The molecule has 2 rings (SSSR count). The molecule has 1 fully saturated rings. The van der Waals surface area contributed by atoms with Gasteiger partial charge in [0.1, 0.15) is 5.75 Å². The molecule has 0 saturated heterocycles. The van der Waals surface area contributed by atoms with E-state index in [9.17, 15) is 0 Å². The van der Waals surface area contributed by atoms with E-state index >= 15 is 0 Å². The lowest BCUT2D eigenvalue weighted by atomic mass is 9.89. The number of ether oxygens (including phenoxy) is 1. The SMILES string of the molecule is COc1cc(C)cc(C)c1C1CCCC1N. The highest BCUT2D eigenvalue weighted by molar-refractivity contribution is 5.46. The highest BCUT2D eigenvalue weighted by Gasteiger charge is 2.29. The second-order valence-corrected chi connectivity index (χ2v) is 4.90. The number of hydrogen-bond acceptors (Lipinski definition) is 2. The summed E-state index contributed by atoms with van der Waals surface area (Å²) in [7, 11) is 1.75. The Hall–Kier alpha value is -1.02. The van der Waals surface area contributed by atoms with Crippen molar-refractivity contribution in [2.45, 2.75) is 45.1 Å². The van der Waals surface area contributed by atoms with E-state index in [1.165, 1.54) is 29.5 Å². The summed E-state index contributed by atoms with van der Waals surface area (Å²) in [6.45, 7) is 4.27. The zero-order valence-electron chi connectivity index (χ0n) is 10.4. The summed E-state index contributed by atoms with van der Waals surface area (Å²) >= 11 is 0. The van der Waals surface area contributed by atoms with E-state index in [4.69, 9.17) is 10.5 Å². The molecule has 88 valence electrons. The maximum Gasteiger partial charge on any atom is 0.122 e. The fourth-order valence-corrected chi connectivity index (χ4v) is 2.93. The van der Waals surface area contributed by atoms with Gasteiger partial charge in [0.25, 0.3) is 0 Å². The Morgan fingerprint density at radius 3 is 2.56 bits per heavy atom. The third kappa shape index (κ3) is 1.94. The summed E-state index contributed by atoms with van der Waals surface area (Å²) in [6, 6.07) is 4.64. The zero-order valence-corrected chi connectivity index (χ0v) is 10.4. The second kappa shape index (κ2) is 4.46. The van der Waals surface area contributed by atoms with Gasteiger partial charge in [0, 0.05) is 17.5 Å². The van der Waals surface area contributed by atoms with Crippen LogP contribution in [0.5, 0.6) is 5.75 Å². The van der Waals surface area contributed by atoms with Gasteiger partial charge in [-0.15, -0.1) is 0 Å². The molecular weight excluding hydrogens is 198 g/mol. The Morgan fingerprint density at radius 2 is 2.00 bits per heavy atom. The number of aryl methyl sites for hydroxylation is 2. The lowest BCUT2D eigenvalue weighted by molar-refractivity contribution is 0.402. The van der Waals surface area contributed by atoms with E-state index < -0.39 is 0 Å². The molecule has 2 atom stereocenters. The largest absolute Gasteiger partial charge is 0.496 e. The first-order valence-corrected chi connectivity index (χ1v) is 6.04. The van der Waals surface area contributed by atoms with Gasteiger partial charge in [0.2, 0.25) is 0 Å². The molecule has 1 aromatic rings. The Labute approximate surface area is 97.8 Å². The van der Waals surface area contributed by atoms with Crippen molar-refractivity contribution in [3.05, 3.63) is 28.8 Å². The van der Waals surface area contributed by atoms with Crippen LogP contribution in [-0.4, -0.2) is 13.2 Å². The smallest absolute Gasteiger partial charge is 0.122 e. The first-order valence-electron chi connectivity index (χ1n) is 6.04. The molecule has 0 aliphatic heterocycles. The number of nitrogens with two attached hydrogens (primary N) is 1. The van der Waals surface area contributed by atoms with Crippen LogP contribution >= 0.6 is 0 Å². The molecule has 1 aromatic carbocycles. The quantitative estimate of drug-likeness (QED) is 0.830. The van der Waals surface area contributed by atoms with Gasteiger partial charge in [-0.3, -0.25) is 0 Å². The summed E-state index contributed by atoms with van der Waals surface area (Å²) < 4.78 is 5.51. The standard InChI is InChI=1S/C14H21NO/c1-9-7-10(2)14(13(8-9)16-3)11-5-4-6-12(11)15/h7-8,11-12H,4-6,15H2,1-3H3. The molecular formula is C14H21NO. The van der Waals surface area contributed by atoms with Gasteiger partial charge in [-0.25, -0.2) is 0 Å². The topological polar surface area (TPSA) is 35.2 Å². The molecule has 0 aromatic heterocycles. The maximum absolute atomic E-state index is 6.19. The summed E-state index contributed by atoms with van der Waals surface area (Å²) in [5.74, 6) is 1.50. The van der Waals surface area contributed by atoms with Crippen molar-refractivity contribution in [3.8, 4) is 5.75 Å². The average Bonchev–Trinajstić information content (AvgIpc) is 2.63. The van der Waals surface area contributed by atoms with Crippen LogP contribution in [0, 0.1) is 13.8 Å². The molecule has 0 heterocycles. The van der Waals surface area contributed by atoms with Crippen molar-refractivity contribution in [3.63, 3.8) is 0 Å². The van der Waals surface area contributed by atoms with Crippen molar-refractivity contribution in [2.75, 3.05) is 7.11 Å². The fourth-order valence-electron chi connectivity index (χ4n) is 2.93. The molecule has 1 aliphatic rings. The lowest BCUT2D eigenvalue weighted by Gasteiger charge is -2.21. The summed E-state index contributed by atoms with van der Waals surface area (Å²) in [5.41, 5.74) is 10.1. The molecule has 2 nitrogen and oxygen atoms in total. The van der Waals surface area contributed by atoms with Crippen molar-refractivity contribution in [2.24, 2.45) is 5.73 Å². The summed E-state index contributed by atoms with van der Waals surface area (Å²) in [4.78, 5) is 0. The maximum atomic E-state index is 6.19. The molecule has 1 aliphatic carbocycles. The number of methoxy groups -OCH3 is 1. The Morgan fingerprint density at radius 1 is 1.25 bits per heavy atom. The van der Waals surface area contributed by atoms with E-state index in [0.29, 0.717) is 12.0 Å². The van der Waals surface area contributed by atoms with Gasteiger partial charge >= 0.3 is 0 Å². The van der Waals surface area contributed by atoms with Crippen LogP contribution in [0.4, 0.5) is 0 Å². The van der Waals surface area contributed by atoms with Crippen molar-refractivity contribution in [1.29, 1.82) is 0 Å². The minimum atomic E-state index is 0.301. The van der Waals surface area contributed by atoms with Crippen LogP contribution in [0.2, 0.25) is 0 Å². The van der Waals surface area contributed by atoms with Crippen LogP contribution in [0.25, 0.3) is 0 Å². The third-order valence-electron chi connectivity index (χ3n) is 3.65. The first-order chi connectivity index (χ1) is 7.63. The Balaban J connectivity index is 2.46. The minimum absolute atomic E-state index is 0.301. The Bertz CT molecular complexity index is 387. The number of rotatable bonds is 2. The van der Waals surface area contributed by atoms with Gasteiger partial charge in [0.15, 0.2) is 0 Å². The molecule has 1 saturated carbocycles. The summed E-state index contributed by atoms with van der Waals surface area (Å²) in [5, 5.41) is 0. The van der Waals surface area contributed by atoms with E-state index in [1.807, 2.05) is 0 Å². The van der Waals surface area contributed by atoms with Gasteiger partial charge in [0.05, 0.1) is 7.11 Å². The Kier molecular flexibility index (Phi) is 3.20. The molecule has 0 amide bonds. The van der Waals surface area contributed by atoms with Crippen LogP contribution in [0.1, 0.15) is 41.9 Å². The second-order valence-electron chi connectivity index (χ2n) is 4.90. The zero-order chi connectivity index (χ0) is 11.7. The molecule has 2 unspecified atom stereocenters. The summed E-state index contributed by atoms with van der Waals surface area (Å²) in [6.07, 6.45) is 3.57. The highest BCUT2D eigenvalue weighted by atomic mass is 16.5. The van der Waals surface area contributed by atoms with E-state index in [2.05, 4.69) is 26.0 Å². The van der Waals surface area contributed by atoms with Crippen LogP contribution in [0.3, 0.4) is 0 Å². The minimum Gasteiger partial charge on any atom is -0.496 e. The predicted octanol–water partition coefficient (Wildman–Crippen LogP) is 2.91. The molecule has 0 bridgehead atoms. The van der Waals surface area contributed by atoms with Crippen molar-refractivity contribution >= 4 is 0 Å². The fraction of sp³-hybridized carbons (Fsp3) is 0.571. The average molecular weight is 219 g/mol. The van der Waals surface area contributed by atoms with Crippen LogP contribution in [0.15, 0.2) is 12.1 Å². The molecule has 16 heavy (non-hydrogen) atoms. The normalized spacial score (nSPS) is 24.8. The monoisotopic (exact) mass is 219 g/mol. The van der Waals surface area contributed by atoms with Gasteiger partial charge in [-0.2, -0.15) is 0 Å². The number of benzene rings is 1. The van der Waals surface area contributed by atoms with Gasteiger partial charge in [-0.1, -0.05) is 12.5 Å². The van der Waals surface area contributed by atoms with E-state index in [0.717, 1.165) is 12.2 Å². The highest BCUT2D eigenvalue weighted by Crippen LogP contribution is 2.40. The molecule has 2 N–H and O–H groups in total. The van der Waals surface area contributed by atoms with Gasteiger partial charge < -0.3 is 10.5 Å².